The largest absolute Gasteiger partial charge is 0.458 e. The SMILES string of the molecule is NC(=O)c1ccoc1C(=O)N1CCCCC1. The number of amides is 2. The molecule has 2 N–H and O–H groups in total. The molecule has 0 spiro atoms. The molecule has 1 aromatic heterocycles. The molecule has 0 radical (unpaired) electrons. The van der Waals surface area contributed by atoms with E-state index in [-0.39, 0.29) is 17.2 Å². The molecule has 1 aliphatic heterocycles. The summed E-state index contributed by atoms with van der Waals surface area (Å²) >= 11 is 0. The number of piperidine rings is 1. The fourth-order valence-corrected chi connectivity index (χ4v) is 1.91. The molecule has 2 amide bonds. The van der Waals surface area contributed by atoms with Gasteiger partial charge in [0.25, 0.3) is 11.8 Å². The summed E-state index contributed by atoms with van der Waals surface area (Å²) in [5.74, 6) is -0.804. The van der Waals surface area contributed by atoms with Crippen LogP contribution in [0.4, 0.5) is 0 Å². The average molecular weight is 222 g/mol. The summed E-state index contributed by atoms with van der Waals surface area (Å²) in [6.07, 6.45) is 4.46. The van der Waals surface area contributed by atoms with Gasteiger partial charge in [-0.25, -0.2) is 0 Å². The maximum Gasteiger partial charge on any atom is 0.290 e. The van der Waals surface area contributed by atoms with Gasteiger partial charge in [0.15, 0.2) is 0 Å². The van der Waals surface area contributed by atoms with Gasteiger partial charge in [-0.05, 0) is 25.3 Å². The molecular weight excluding hydrogens is 208 g/mol. The quantitative estimate of drug-likeness (QED) is 0.811. The van der Waals surface area contributed by atoms with Crippen LogP contribution < -0.4 is 5.73 Å². The van der Waals surface area contributed by atoms with Gasteiger partial charge in [-0.1, -0.05) is 0 Å². The van der Waals surface area contributed by atoms with E-state index in [1.165, 1.54) is 12.3 Å². The summed E-state index contributed by atoms with van der Waals surface area (Å²) < 4.78 is 5.05. The first-order chi connectivity index (χ1) is 7.70. The smallest absolute Gasteiger partial charge is 0.290 e. The van der Waals surface area contributed by atoms with Crippen LogP contribution in [0.5, 0.6) is 0 Å². The van der Waals surface area contributed by atoms with Crippen LogP contribution >= 0.6 is 0 Å². The number of nitrogens with zero attached hydrogens (tertiary/aromatic N) is 1. The zero-order valence-electron chi connectivity index (χ0n) is 8.94. The summed E-state index contributed by atoms with van der Waals surface area (Å²) in [5, 5.41) is 0. The Kier molecular flexibility index (Phi) is 2.94. The third-order valence-electron chi connectivity index (χ3n) is 2.77. The third-order valence-corrected chi connectivity index (χ3v) is 2.77. The molecule has 0 saturated carbocycles. The lowest BCUT2D eigenvalue weighted by Crippen LogP contribution is -2.36. The summed E-state index contributed by atoms with van der Waals surface area (Å²) in [6, 6.07) is 1.43. The Morgan fingerprint density at radius 2 is 1.94 bits per heavy atom. The molecule has 0 aromatic carbocycles. The number of carbonyl (C=O) groups is 2. The lowest BCUT2D eigenvalue weighted by molar-refractivity contribution is 0.0687. The van der Waals surface area contributed by atoms with E-state index in [9.17, 15) is 9.59 Å². The highest BCUT2D eigenvalue weighted by atomic mass is 16.3. The van der Waals surface area contributed by atoms with Crippen molar-refractivity contribution in [1.29, 1.82) is 0 Å². The Morgan fingerprint density at radius 1 is 1.25 bits per heavy atom. The van der Waals surface area contributed by atoms with Crippen LogP contribution in [-0.2, 0) is 0 Å². The molecule has 86 valence electrons. The van der Waals surface area contributed by atoms with Crippen LogP contribution in [0.2, 0.25) is 0 Å². The topological polar surface area (TPSA) is 76.5 Å². The molecule has 1 aliphatic rings. The van der Waals surface area contributed by atoms with E-state index in [1.807, 2.05) is 0 Å². The number of nitrogens with two attached hydrogens (primary N) is 1. The average Bonchev–Trinajstić information content (AvgIpc) is 2.78. The lowest BCUT2D eigenvalue weighted by Gasteiger charge is -2.25. The molecule has 5 nitrogen and oxygen atoms in total. The number of hydrogen-bond acceptors (Lipinski definition) is 3. The molecule has 1 saturated heterocycles. The van der Waals surface area contributed by atoms with Gasteiger partial charge in [-0.2, -0.15) is 0 Å². The highest BCUT2D eigenvalue weighted by Crippen LogP contribution is 2.16. The van der Waals surface area contributed by atoms with Gasteiger partial charge in [0.2, 0.25) is 5.76 Å². The minimum atomic E-state index is -0.630. The van der Waals surface area contributed by atoms with Crippen molar-refractivity contribution in [2.45, 2.75) is 19.3 Å². The van der Waals surface area contributed by atoms with Crippen LogP contribution in [-0.4, -0.2) is 29.8 Å². The van der Waals surface area contributed by atoms with E-state index < -0.39 is 5.91 Å². The minimum absolute atomic E-state index is 0.0643. The third kappa shape index (κ3) is 1.93. The second kappa shape index (κ2) is 4.38. The van der Waals surface area contributed by atoms with Crippen molar-refractivity contribution >= 4 is 11.8 Å². The monoisotopic (exact) mass is 222 g/mol. The van der Waals surface area contributed by atoms with Crippen LogP contribution in [0.25, 0.3) is 0 Å². The van der Waals surface area contributed by atoms with E-state index in [4.69, 9.17) is 10.2 Å². The predicted octanol–water partition coefficient (Wildman–Crippen LogP) is 1.00. The van der Waals surface area contributed by atoms with Gasteiger partial charge in [-0.15, -0.1) is 0 Å². The van der Waals surface area contributed by atoms with Gasteiger partial charge >= 0.3 is 0 Å². The Morgan fingerprint density at radius 3 is 2.56 bits per heavy atom. The molecule has 0 atom stereocenters. The predicted molar refractivity (Wildman–Crippen MR) is 57.0 cm³/mol. The molecule has 2 heterocycles. The highest BCUT2D eigenvalue weighted by molar-refractivity contribution is 6.04. The number of hydrogen-bond donors (Lipinski definition) is 1. The zero-order valence-corrected chi connectivity index (χ0v) is 8.94. The zero-order chi connectivity index (χ0) is 11.5. The number of likely N-dealkylation sites (tertiary alicyclic amines) is 1. The van der Waals surface area contributed by atoms with Gasteiger partial charge in [0, 0.05) is 13.1 Å². The minimum Gasteiger partial charge on any atom is -0.458 e. The molecule has 1 fully saturated rings. The maximum atomic E-state index is 12.0. The molecule has 16 heavy (non-hydrogen) atoms. The molecule has 5 heteroatoms. The summed E-state index contributed by atoms with van der Waals surface area (Å²) in [7, 11) is 0. The first kappa shape index (κ1) is 10.7. The van der Waals surface area contributed by atoms with Crippen molar-refractivity contribution in [2.75, 3.05) is 13.1 Å². The van der Waals surface area contributed by atoms with Crippen molar-refractivity contribution in [3.8, 4) is 0 Å². The molecule has 0 bridgehead atoms. The summed E-state index contributed by atoms with van der Waals surface area (Å²) in [6.45, 7) is 1.44. The van der Waals surface area contributed by atoms with Gasteiger partial charge < -0.3 is 15.1 Å². The van der Waals surface area contributed by atoms with Crippen molar-refractivity contribution in [2.24, 2.45) is 5.73 Å². The number of carbonyl (C=O) groups excluding carboxylic acids is 2. The Labute approximate surface area is 93.2 Å². The Balaban J connectivity index is 2.19. The molecular formula is C11H14N2O3. The Bertz CT molecular complexity index is 405. The van der Waals surface area contributed by atoms with Crippen molar-refractivity contribution in [3.63, 3.8) is 0 Å². The van der Waals surface area contributed by atoms with Gasteiger partial charge in [0.05, 0.1) is 11.8 Å². The van der Waals surface area contributed by atoms with E-state index >= 15 is 0 Å². The Hall–Kier alpha value is -1.78. The normalized spacial score (nSPS) is 16.1. The molecule has 2 rings (SSSR count). The van der Waals surface area contributed by atoms with Crippen molar-refractivity contribution in [1.82, 2.24) is 4.90 Å². The fourth-order valence-electron chi connectivity index (χ4n) is 1.91. The first-order valence-corrected chi connectivity index (χ1v) is 5.36. The van der Waals surface area contributed by atoms with Crippen LogP contribution in [0.15, 0.2) is 16.7 Å². The molecule has 1 aromatic rings. The van der Waals surface area contributed by atoms with Crippen molar-refractivity contribution < 1.29 is 14.0 Å². The van der Waals surface area contributed by atoms with Gasteiger partial charge in [0.1, 0.15) is 0 Å². The van der Waals surface area contributed by atoms with E-state index in [0.717, 1.165) is 32.4 Å². The van der Waals surface area contributed by atoms with Crippen molar-refractivity contribution in [3.05, 3.63) is 23.7 Å². The van der Waals surface area contributed by atoms with Crippen LogP contribution in [0, 0.1) is 0 Å². The summed E-state index contributed by atoms with van der Waals surface area (Å²) in [4.78, 5) is 24.8. The van der Waals surface area contributed by atoms with E-state index in [2.05, 4.69) is 0 Å². The number of furan rings is 1. The first-order valence-electron chi connectivity index (χ1n) is 5.36. The molecule has 0 aliphatic carbocycles. The van der Waals surface area contributed by atoms with Crippen LogP contribution in [0.1, 0.15) is 40.2 Å². The standard InChI is InChI=1S/C11H14N2O3/c12-10(14)8-4-7-16-9(8)11(15)13-5-2-1-3-6-13/h4,7H,1-3,5-6H2,(H2,12,14). The van der Waals surface area contributed by atoms with Gasteiger partial charge in [-0.3, -0.25) is 9.59 Å². The maximum absolute atomic E-state index is 12.0. The van der Waals surface area contributed by atoms with E-state index in [0.29, 0.717) is 0 Å². The second-order valence-corrected chi connectivity index (χ2v) is 3.88. The highest BCUT2D eigenvalue weighted by Gasteiger charge is 2.25. The molecule has 0 unspecified atom stereocenters. The number of primary amides is 1. The van der Waals surface area contributed by atoms with Crippen LogP contribution in [0.3, 0.4) is 0 Å². The van der Waals surface area contributed by atoms with E-state index in [1.54, 1.807) is 4.90 Å². The second-order valence-electron chi connectivity index (χ2n) is 3.88. The number of rotatable bonds is 2. The fraction of sp³-hybridized carbons (Fsp3) is 0.455. The summed E-state index contributed by atoms with van der Waals surface area (Å²) in [5.41, 5.74) is 5.32. The lowest BCUT2D eigenvalue weighted by atomic mass is 10.1.